The van der Waals surface area contributed by atoms with Gasteiger partial charge in [-0.15, -0.1) is 11.6 Å². The van der Waals surface area contributed by atoms with Crippen molar-refractivity contribution in [2.75, 3.05) is 23.5 Å². The van der Waals surface area contributed by atoms with Crippen molar-refractivity contribution in [3.05, 3.63) is 29.3 Å². The molecule has 6 heteroatoms. The summed E-state index contributed by atoms with van der Waals surface area (Å²) in [5.41, 5.74) is 0.110. The lowest BCUT2D eigenvalue weighted by Gasteiger charge is -2.27. The monoisotopic (exact) mass is 309 g/mol. The van der Waals surface area contributed by atoms with E-state index >= 15 is 0 Å². The molecule has 1 nitrogen and oxygen atoms in total. The number of hydrogen-bond acceptors (Lipinski definition) is 2. The van der Waals surface area contributed by atoms with Gasteiger partial charge < -0.3 is 4.90 Å². The lowest BCUT2D eigenvalue weighted by atomic mass is 10.1. The first-order valence-corrected chi connectivity index (χ1v) is 7.69. The fraction of sp³-hybridized carbons (Fsp3) is 0.538. The minimum Gasteiger partial charge on any atom is -0.371 e. The number of hydrogen-bond donors (Lipinski definition) is 0. The first-order chi connectivity index (χ1) is 8.93. The summed E-state index contributed by atoms with van der Waals surface area (Å²) in [6.07, 6.45) is -3.34. The first-order valence-electron chi connectivity index (χ1n) is 6.00. The molecule has 0 radical (unpaired) electrons. The van der Waals surface area contributed by atoms with E-state index in [1.807, 2.05) is 23.7 Å². The van der Waals surface area contributed by atoms with Crippen LogP contribution in [0.4, 0.5) is 18.9 Å². The lowest BCUT2D eigenvalue weighted by Crippen LogP contribution is -2.31. The molecule has 0 N–H and O–H groups in total. The van der Waals surface area contributed by atoms with Gasteiger partial charge in [0, 0.05) is 30.4 Å². The average Bonchev–Trinajstić information content (AvgIpc) is 2.90. The Morgan fingerprint density at radius 1 is 1.42 bits per heavy atom. The maximum Gasteiger partial charge on any atom is 0.416 e. The molecule has 106 valence electrons. The molecule has 1 fully saturated rings. The van der Waals surface area contributed by atoms with E-state index in [1.54, 1.807) is 6.07 Å². The number of benzene rings is 1. The van der Waals surface area contributed by atoms with Crippen LogP contribution in [0.3, 0.4) is 0 Å². The summed E-state index contributed by atoms with van der Waals surface area (Å²) in [5, 5.41) is 0. The van der Waals surface area contributed by atoms with Gasteiger partial charge in [0.05, 0.1) is 5.56 Å². The number of thioether (sulfide) groups is 1. The van der Waals surface area contributed by atoms with Gasteiger partial charge in [-0.05, 0) is 29.9 Å². The molecule has 0 amide bonds. The zero-order valence-electron chi connectivity index (χ0n) is 10.5. The van der Waals surface area contributed by atoms with Gasteiger partial charge in [0.1, 0.15) is 0 Å². The fourth-order valence-electron chi connectivity index (χ4n) is 2.20. The van der Waals surface area contributed by atoms with Crippen LogP contribution < -0.4 is 4.90 Å². The van der Waals surface area contributed by atoms with Crippen LogP contribution in [-0.4, -0.2) is 24.6 Å². The van der Waals surface area contributed by atoms with E-state index in [0.717, 1.165) is 17.9 Å². The molecule has 1 saturated heterocycles. The number of alkyl halides is 4. The predicted molar refractivity (Wildman–Crippen MR) is 75.1 cm³/mol. The summed E-state index contributed by atoms with van der Waals surface area (Å²) >= 11 is 7.42. The van der Waals surface area contributed by atoms with Gasteiger partial charge in [-0.1, -0.05) is 6.07 Å². The SMILES string of the molecule is CN(c1ccc(CCl)c(C(F)(F)F)c1)C1CCSC1. The third kappa shape index (κ3) is 3.31. The maximum atomic E-state index is 13.0. The third-order valence-corrected chi connectivity index (χ3v) is 4.84. The van der Waals surface area contributed by atoms with Crippen LogP contribution in [-0.2, 0) is 12.1 Å². The molecule has 1 unspecified atom stereocenters. The molecule has 0 aliphatic carbocycles. The highest BCUT2D eigenvalue weighted by molar-refractivity contribution is 7.99. The van der Waals surface area contributed by atoms with Crippen molar-refractivity contribution >= 4 is 29.1 Å². The van der Waals surface area contributed by atoms with Crippen molar-refractivity contribution in [3.8, 4) is 0 Å². The van der Waals surface area contributed by atoms with Gasteiger partial charge in [0.25, 0.3) is 0 Å². The molecule has 1 aliphatic heterocycles. The predicted octanol–water partition coefficient (Wildman–Crippen LogP) is 4.39. The summed E-state index contributed by atoms with van der Waals surface area (Å²) in [7, 11) is 1.85. The van der Waals surface area contributed by atoms with Crippen LogP contribution in [0, 0.1) is 0 Å². The van der Waals surface area contributed by atoms with E-state index in [-0.39, 0.29) is 11.4 Å². The summed E-state index contributed by atoms with van der Waals surface area (Å²) in [4.78, 5) is 1.94. The summed E-state index contributed by atoms with van der Waals surface area (Å²) < 4.78 is 38.9. The molecule has 1 heterocycles. The molecular formula is C13H15ClF3NS. The Balaban J connectivity index is 2.31. The first kappa shape index (κ1) is 14.9. The molecule has 1 aromatic rings. The van der Waals surface area contributed by atoms with Crippen molar-refractivity contribution < 1.29 is 13.2 Å². The van der Waals surface area contributed by atoms with E-state index < -0.39 is 11.7 Å². The largest absolute Gasteiger partial charge is 0.416 e. The van der Waals surface area contributed by atoms with Crippen LogP contribution in [0.15, 0.2) is 18.2 Å². The second-order valence-electron chi connectivity index (χ2n) is 4.60. The number of rotatable bonds is 3. The van der Waals surface area contributed by atoms with Crippen LogP contribution in [0.2, 0.25) is 0 Å². The van der Waals surface area contributed by atoms with E-state index in [9.17, 15) is 13.2 Å². The van der Waals surface area contributed by atoms with Crippen molar-refractivity contribution in [1.29, 1.82) is 0 Å². The third-order valence-electron chi connectivity index (χ3n) is 3.40. The zero-order chi connectivity index (χ0) is 14.0. The summed E-state index contributed by atoms with van der Waals surface area (Å²) in [6.45, 7) is 0. The molecule has 0 saturated carbocycles. The molecule has 0 bridgehead atoms. The molecule has 1 aliphatic rings. The lowest BCUT2D eigenvalue weighted by molar-refractivity contribution is -0.138. The zero-order valence-corrected chi connectivity index (χ0v) is 12.1. The highest BCUT2D eigenvalue weighted by Crippen LogP contribution is 2.36. The fourth-order valence-corrected chi connectivity index (χ4v) is 3.70. The topological polar surface area (TPSA) is 3.24 Å². The van der Waals surface area contributed by atoms with E-state index in [0.29, 0.717) is 11.7 Å². The Bertz CT molecular complexity index is 444. The molecular weight excluding hydrogens is 295 g/mol. The van der Waals surface area contributed by atoms with Crippen LogP contribution in [0.5, 0.6) is 0 Å². The molecule has 2 rings (SSSR count). The second-order valence-corrected chi connectivity index (χ2v) is 6.02. The second kappa shape index (κ2) is 5.83. The highest BCUT2D eigenvalue weighted by atomic mass is 35.5. The van der Waals surface area contributed by atoms with E-state index in [2.05, 4.69) is 0 Å². The van der Waals surface area contributed by atoms with Gasteiger partial charge in [0.2, 0.25) is 0 Å². The van der Waals surface area contributed by atoms with Gasteiger partial charge in [-0.25, -0.2) is 0 Å². The molecule has 1 aromatic carbocycles. The number of nitrogens with zero attached hydrogens (tertiary/aromatic N) is 1. The Morgan fingerprint density at radius 2 is 2.16 bits per heavy atom. The molecule has 0 aromatic heterocycles. The van der Waals surface area contributed by atoms with Crippen molar-refractivity contribution in [2.45, 2.75) is 24.5 Å². The Hall–Kier alpha value is -0.550. The molecule has 1 atom stereocenters. The van der Waals surface area contributed by atoms with E-state index in [4.69, 9.17) is 11.6 Å². The number of halogens is 4. The van der Waals surface area contributed by atoms with Gasteiger partial charge >= 0.3 is 6.18 Å². The van der Waals surface area contributed by atoms with Crippen LogP contribution in [0.1, 0.15) is 17.5 Å². The maximum absolute atomic E-state index is 13.0. The van der Waals surface area contributed by atoms with Crippen molar-refractivity contribution in [1.82, 2.24) is 0 Å². The van der Waals surface area contributed by atoms with Gasteiger partial charge in [-0.2, -0.15) is 24.9 Å². The normalized spacial score (nSPS) is 19.7. The number of anilines is 1. The Kier molecular flexibility index (Phi) is 4.56. The van der Waals surface area contributed by atoms with Gasteiger partial charge in [-0.3, -0.25) is 0 Å². The quantitative estimate of drug-likeness (QED) is 0.762. The van der Waals surface area contributed by atoms with Crippen LogP contribution in [0.25, 0.3) is 0 Å². The summed E-state index contributed by atoms with van der Waals surface area (Å²) in [5.74, 6) is 1.91. The minimum absolute atomic E-state index is 0.127. The molecule has 19 heavy (non-hydrogen) atoms. The Morgan fingerprint density at radius 3 is 2.68 bits per heavy atom. The molecule has 0 spiro atoms. The van der Waals surface area contributed by atoms with Crippen molar-refractivity contribution in [3.63, 3.8) is 0 Å². The Labute approximate surface area is 120 Å². The summed E-state index contributed by atoms with van der Waals surface area (Å²) in [6, 6.07) is 4.72. The highest BCUT2D eigenvalue weighted by Gasteiger charge is 2.34. The standard InChI is InChI=1S/C13H15ClF3NS/c1-18(11-4-5-19-8-11)10-3-2-9(7-14)12(6-10)13(15,16)17/h2-3,6,11H,4-5,7-8H2,1H3. The average molecular weight is 310 g/mol. The smallest absolute Gasteiger partial charge is 0.371 e. The van der Waals surface area contributed by atoms with Crippen molar-refractivity contribution in [2.24, 2.45) is 0 Å². The van der Waals surface area contributed by atoms with Crippen LogP contribution >= 0.6 is 23.4 Å². The van der Waals surface area contributed by atoms with Gasteiger partial charge in [0.15, 0.2) is 0 Å². The minimum atomic E-state index is -4.36. The van der Waals surface area contributed by atoms with E-state index in [1.165, 1.54) is 12.1 Å².